The van der Waals surface area contributed by atoms with E-state index in [1.165, 1.54) is 0 Å². The smallest absolute Gasteiger partial charge is 0.255 e. The number of carbonyl (C=O) groups excluding carboxylic acids is 1. The largest absolute Gasteiger partial charge is 0.439 e. The van der Waals surface area contributed by atoms with E-state index in [4.69, 9.17) is 10.5 Å². The highest BCUT2D eigenvalue weighted by Gasteiger charge is 2.07. The summed E-state index contributed by atoms with van der Waals surface area (Å²) in [6, 6.07) is 19.8. The van der Waals surface area contributed by atoms with Crippen molar-refractivity contribution < 1.29 is 9.53 Å². The molecule has 3 N–H and O–H groups in total. The number of nitrogens with two attached hydrogens (primary N) is 1. The molecule has 0 bridgehead atoms. The molecule has 0 saturated heterocycles. The maximum absolute atomic E-state index is 12.2. The maximum Gasteiger partial charge on any atom is 0.255 e. The topological polar surface area (TPSA) is 77.2 Å². The van der Waals surface area contributed by atoms with Crippen molar-refractivity contribution in [2.45, 2.75) is 6.54 Å². The Kier molecular flexibility index (Phi) is 6.51. The van der Waals surface area contributed by atoms with Crippen LogP contribution in [0.15, 0.2) is 72.9 Å². The molecule has 1 amide bonds. The van der Waals surface area contributed by atoms with Gasteiger partial charge in [-0.2, -0.15) is 0 Å². The highest BCUT2D eigenvalue weighted by Crippen LogP contribution is 2.21. The van der Waals surface area contributed by atoms with Crippen molar-refractivity contribution in [3.05, 3.63) is 84.1 Å². The number of amides is 1. The Balaban J connectivity index is 0.00000225. The maximum atomic E-state index is 12.2. The number of halogens is 1. The number of pyridine rings is 1. The molecule has 0 radical (unpaired) electrons. The second kappa shape index (κ2) is 8.82. The third kappa shape index (κ3) is 5.04. The van der Waals surface area contributed by atoms with Crippen LogP contribution in [-0.2, 0) is 6.54 Å². The molecule has 0 aliphatic heterocycles. The summed E-state index contributed by atoms with van der Waals surface area (Å²) in [5.41, 5.74) is 7.85. The highest BCUT2D eigenvalue weighted by molar-refractivity contribution is 6.04. The summed E-state index contributed by atoms with van der Waals surface area (Å²) < 4.78 is 5.68. The van der Waals surface area contributed by atoms with E-state index < -0.39 is 0 Å². The summed E-state index contributed by atoms with van der Waals surface area (Å²) >= 11 is 0. The minimum atomic E-state index is -0.170. The number of carbonyl (C=O) groups is 1. The Labute approximate surface area is 152 Å². The molecule has 0 unspecified atom stereocenters. The Bertz CT molecular complexity index is 824. The first kappa shape index (κ1) is 18.4. The molecule has 0 spiro atoms. The van der Waals surface area contributed by atoms with Crippen LogP contribution in [0.4, 0.5) is 5.69 Å². The van der Waals surface area contributed by atoms with Crippen molar-refractivity contribution in [1.82, 2.24) is 4.98 Å². The van der Waals surface area contributed by atoms with Crippen molar-refractivity contribution in [2.24, 2.45) is 5.73 Å². The predicted octanol–water partition coefficient (Wildman–Crippen LogP) is 4.01. The fourth-order valence-electron chi connectivity index (χ4n) is 2.15. The van der Waals surface area contributed by atoms with Crippen LogP contribution in [0.5, 0.6) is 11.6 Å². The Morgan fingerprint density at radius 2 is 1.76 bits per heavy atom. The number of anilines is 1. The van der Waals surface area contributed by atoms with E-state index in [2.05, 4.69) is 10.3 Å². The van der Waals surface area contributed by atoms with E-state index in [1.807, 2.05) is 36.4 Å². The average Bonchev–Trinajstić information content (AvgIpc) is 2.63. The predicted molar refractivity (Wildman–Crippen MR) is 100 cm³/mol. The van der Waals surface area contributed by atoms with E-state index >= 15 is 0 Å². The van der Waals surface area contributed by atoms with Crippen LogP contribution in [0, 0.1) is 0 Å². The second-order valence-corrected chi connectivity index (χ2v) is 5.15. The molecular weight excluding hydrogens is 338 g/mol. The zero-order valence-electron chi connectivity index (χ0n) is 13.4. The van der Waals surface area contributed by atoms with Gasteiger partial charge in [-0.3, -0.25) is 4.79 Å². The highest BCUT2D eigenvalue weighted by atomic mass is 35.5. The molecule has 0 saturated carbocycles. The van der Waals surface area contributed by atoms with Gasteiger partial charge in [-0.1, -0.05) is 18.2 Å². The van der Waals surface area contributed by atoms with Crippen LogP contribution in [0.3, 0.4) is 0 Å². The third-order valence-electron chi connectivity index (χ3n) is 3.41. The van der Waals surface area contributed by atoms with E-state index in [9.17, 15) is 4.79 Å². The lowest BCUT2D eigenvalue weighted by molar-refractivity contribution is 0.102. The number of aromatic nitrogens is 1. The first-order chi connectivity index (χ1) is 11.7. The molecule has 0 atom stereocenters. The van der Waals surface area contributed by atoms with Gasteiger partial charge < -0.3 is 15.8 Å². The lowest BCUT2D eigenvalue weighted by Crippen LogP contribution is -2.11. The molecule has 2 aromatic carbocycles. The van der Waals surface area contributed by atoms with Crippen LogP contribution < -0.4 is 15.8 Å². The molecule has 3 rings (SSSR count). The number of nitrogens with zero attached hydrogens (tertiary/aromatic N) is 1. The molecular formula is C19H18ClN3O2. The first-order valence-corrected chi connectivity index (χ1v) is 7.54. The number of rotatable bonds is 5. The fraction of sp³-hybridized carbons (Fsp3) is 0.0526. The normalized spacial score (nSPS) is 9.80. The molecule has 128 valence electrons. The van der Waals surface area contributed by atoms with Crippen molar-refractivity contribution in [1.29, 1.82) is 0 Å². The molecule has 5 nitrogen and oxygen atoms in total. The van der Waals surface area contributed by atoms with Crippen LogP contribution >= 0.6 is 12.4 Å². The van der Waals surface area contributed by atoms with Gasteiger partial charge in [0, 0.05) is 30.1 Å². The minimum absolute atomic E-state index is 0. The zero-order chi connectivity index (χ0) is 16.8. The Morgan fingerprint density at radius 1 is 1.04 bits per heavy atom. The quantitative estimate of drug-likeness (QED) is 0.725. The molecule has 6 heteroatoms. The Hall–Kier alpha value is -2.89. The van der Waals surface area contributed by atoms with Gasteiger partial charge in [0.15, 0.2) is 0 Å². The minimum Gasteiger partial charge on any atom is -0.439 e. The summed E-state index contributed by atoms with van der Waals surface area (Å²) in [6.07, 6.45) is 1.65. The molecule has 1 heterocycles. The van der Waals surface area contributed by atoms with Gasteiger partial charge in [-0.15, -0.1) is 12.4 Å². The van der Waals surface area contributed by atoms with E-state index in [-0.39, 0.29) is 18.3 Å². The van der Waals surface area contributed by atoms with Gasteiger partial charge in [0.1, 0.15) is 5.75 Å². The number of benzene rings is 2. The fourth-order valence-corrected chi connectivity index (χ4v) is 2.15. The van der Waals surface area contributed by atoms with Crippen LogP contribution in [0.2, 0.25) is 0 Å². The summed E-state index contributed by atoms with van der Waals surface area (Å²) in [4.78, 5) is 16.3. The van der Waals surface area contributed by atoms with Crippen molar-refractivity contribution in [2.75, 3.05) is 5.32 Å². The third-order valence-corrected chi connectivity index (χ3v) is 3.41. The number of hydrogen-bond acceptors (Lipinski definition) is 4. The van der Waals surface area contributed by atoms with Gasteiger partial charge in [0.25, 0.3) is 5.91 Å². The molecule has 0 aliphatic rings. The number of hydrogen-bond donors (Lipinski definition) is 2. The molecule has 0 fully saturated rings. The Morgan fingerprint density at radius 3 is 2.44 bits per heavy atom. The van der Waals surface area contributed by atoms with Crippen molar-refractivity contribution >= 4 is 24.0 Å². The zero-order valence-corrected chi connectivity index (χ0v) is 14.2. The van der Waals surface area contributed by atoms with Gasteiger partial charge in [-0.05, 0) is 48.0 Å². The molecule has 25 heavy (non-hydrogen) atoms. The first-order valence-electron chi connectivity index (χ1n) is 7.54. The summed E-state index contributed by atoms with van der Waals surface area (Å²) in [7, 11) is 0. The van der Waals surface area contributed by atoms with Crippen LogP contribution in [-0.4, -0.2) is 10.9 Å². The van der Waals surface area contributed by atoms with E-state index in [0.29, 0.717) is 23.7 Å². The van der Waals surface area contributed by atoms with E-state index in [1.54, 1.807) is 36.5 Å². The van der Waals surface area contributed by atoms with E-state index in [0.717, 1.165) is 11.3 Å². The SMILES string of the molecule is Cl.NCc1ccnc(Oc2ccc(C(=O)Nc3ccccc3)cc2)c1. The summed E-state index contributed by atoms with van der Waals surface area (Å²) in [5.74, 6) is 0.906. The van der Waals surface area contributed by atoms with Gasteiger partial charge in [0.2, 0.25) is 5.88 Å². The molecule has 0 aliphatic carbocycles. The van der Waals surface area contributed by atoms with Crippen molar-refractivity contribution in [3.63, 3.8) is 0 Å². The summed E-state index contributed by atoms with van der Waals surface area (Å²) in [5, 5.41) is 2.84. The van der Waals surface area contributed by atoms with Gasteiger partial charge >= 0.3 is 0 Å². The lowest BCUT2D eigenvalue weighted by Gasteiger charge is -2.08. The summed E-state index contributed by atoms with van der Waals surface area (Å²) in [6.45, 7) is 0.428. The molecule has 1 aromatic heterocycles. The molecule has 3 aromatic rings. The lowest BCUT2D eigenvalue weighted by atomic mass is 10.2. The number of nitrogens with one attached hydrogen (secondary N) is 1. The number of para-hydroxylation sites is 1. The standard InChI is InChI=1S/C19H17N3O2.ClH/c20-13-14-10-11-21-18(12-14)24-17-8-6-15(7-9-17)19(23)22-16-4-2-1-3-5-16;/h1-12H,13,20H2,(H,22,23);1H. The van der Waals surface area contributed by atoms with Gasteiger partial charge in [0.05, 0.1) is 0 Å². The van der Waals surface area contributed by atoms with Crippen molar-refractivity contribution in [3.8, 4) is 11.6 Å². The monoisotopic (exact) mass is 355 g/mol. The average molecular weight is 356 g/mol. The van der Waals surface area contributed by atoms with Crippen LogP contribution in [0.1, 0.15) is 15.9 Å². The van der Waals surface area contributed by atoms with Gasteiger partial charge in [-0.25, -0.2) is 4.98 Å². The second-order valence-electron chi connectivity index (χ2n) is 5.15. The number of ether oxygens (including phenoxy) is 1. The van der Waals surface area contributed by atoms with Crippen LogP contribution in [0.25, 0.3) is 0 Å².